The summed E-state index contributed by atoms with van der Waals surface area (Å²) in [4.78, 5) is 14.7. The van der Waals surface area contributed by atoms with E-state index in [2.05, 4.69) is 45.3 Å². The lowest BCUT2D eigenvalue weighted by Crippen LogP contribution is -2.51. The predicted octanol–water partition coefficient (Wildman–Crippen LogP) is 2.51. The summed E-state index contributed by atoms with van der Waals surface area (Å²) in [5.41, 5.74) is 8.84. The van der Waals surface area contributed by atoms with Crippen molar-refractivity contribution in [2.45, 2.75) is 43.9 Å². The number of carbonyl (C=O) groups excluding carboxylic acids is 1. The van der Waals surface area contributed by atoms with Crippen LogP contribution in [-0.2, 0) is 11.2 Å². The summed E-state index contributed by atoms with van der Waals surface area (Å²) in [6.45, 7) is 1.90. The van der Waals surface area contributed by atoms with Crippen molar-refractivity contribution in [1.29, 1.82) is 0 Å². The Morgan fingerprint density at radius 3 is 2.61 bits per heavy atom. The molecule has 2 aromatic rings. The average Bonchev–Trinajstić information content (AvgIpc) is 3.19. The van der Waals surface area contributed by atoms with Gasteiger partial charge in [-0.05, 0) is 42.5 Å². The third kappa shape index (κ3) is 4.76. The maximum absolute atomic E-state index is 13.3. The first-order chi connectivity index (χ1) is 13.7. The molecule has 4 rings (SSSR count). The Balaban J connectivity index is 1.22. The number of amides is 1. The van der Waals surface area contributed by atoms with Gasteiger partial charge in [-0.3, -0.25) is 9.69 Å². The first kappa shape index (κ1) is 19.1. The molecular weight excluding hydrogens is 355 g/mol. The average molecular weight is 382 g/mol. The van der Waals surface area contributed by atoms with Gasteiger partial charge in [0.05, 0.1) is 12.6 Å². The molecule has 6 heteroatoms. The van der Waals surface area contributed by atoms with Gasteiger partial charge in [-0.1, -0.05) is 42.5 Å². The minimum atomic E-state index is -0.301. The number of halogens is 1. The van der Waals surface area contributed by atoms with Crippen LogP contribution in [-0.4, -0.2) is 36.1 Å². The number of hydrogen-bond acceptors (Lipinski definition) is 4. The second kappa shape index (κ2) is 8.82. The molecule has 2 saturated heterocycles. The van der Waals surface area contributed by atoms with Crippen LogP contribution in [0.2, 0.25) is 0 Å². The van der Waals surface area contributed by atoms with Crippen molar-refractivity contribution in [3.8, 4) is 0 Å². The van der Waals surface area contributed by atoms with Crippen molar-refractivity contribution < 1.29 is 9.18 Å². The fourth-order valence-electron chi connectivity index (χ4n) is 4.15. The number of piperidine rings is 1. The molecule has 0 aromatic heterocycles. The Bertz CT molecular complexity index is 792. The molecule has 0 saturated carbocycles. The summed E-state index contributed by atoms with van der Waals surface area (Å²) < 4.78 is 13.3. The molecule has 0 aliphatic carbocycles. The van der Waals surface area contributed by atoms with Gasteiger partial charge in [0.1, 0.15) is 5.82 Å². The number of carbonyl (C=O) groups is 1. The number of rotatable bonds is 5. The zero-order chi connectivity index (χ0) is 19.3. The highest BCUT2D eigenvalue weighted by molar-refractivity contribution is 5.78. The van der Waals surface area contributed by atoms with Crippen LogP contribution >= 0.6 is 0 Å². The van der Waals surface area contributed by atoms with E-state index in [0.29, 0.717) is 17.8 Å². The fourth-order valence-corrected chi connectivity index (χ4v) is 4.15. The van der Waals surface area contributed by atoms with Crippen molar-refractivity contribution in [1.82, 2.24) is 21.1 Å². The first-order valence-electron chi connectivity index (χ1n) is 10.0. The highest BCUT2D eigenvalue weighted by Crippen LogP contribution is 2.25. The third-order valence-electron chi connectivity index (χ3n) is 5.67. The highest BCUT2D eigenvalue weighted by Gasteiger charge is 2.32. The second-order valence-corrected chi connectivity index (χ2v) is 7.69. The smallest absolute Gasteiger partial charge is 0.224 e. The summed E-state index contributed by atoms with van der Waals surface area (Å²) >= 11 is 0. The first-order valence-corrected chi connectivity index (χ1v) is 10.0. The number of hydrazine groups is 1. The monoisotopic (exact) mass is 382 g/mol. The Morgan fingerprint density at radius 1 is 1.07 bits per heavy atom. The largest absolute Gasteiger partial charge is 0.353 e. The zero-order valence-electron chi connectivity index (χ0n) is 15.9. The summed E-state index contributed by atoms with van der Waals surface area (Å²) in [6, 6.07) is 17.3. The summed E-state index contributed by atoms with van der Waals surface area (Å²) in [6.07, 6.45) is 3.44. The third-order valence-corrected chi connectivity index (χ3v) is 5.67. The van der Waals surface area contributed by atoms with Crippen LogP contribution in [0.1, 0.15) is 36.4 Å². The van der Waals surface area contributed by atoms with Gasteiger partial charge in [0, 0.05) is 25.2 Å². The molecule has 2 atom stereocenters. The summed E-state index contributed by atoms with van der Waals surface area (Å²) in [5.74, 6) is -0.334. The molecular formula is C22H27FN4O. The molecule has 2 unspecified atom stereocenters. The molecule has 2 heterocycles. The van der Waals surface area contributed by atoms with Crippen LogP contribution < -0.4 is 16.2 Å². The van der Waals surface area contributed by atoms with Crippen LogP contribution in [0.15, 0.2) is 54.6 Å². The van der Waals surface area contributed by atoms with E-state index >= 15 is 0 Å². The Labute approximate surface area is 165 Å². The lowest BCUT2D eigenvalue weighted by molar-refractivity contribution is -0.121. The van der Waals surface area contributed by atoms with Gasteiger partial charge in [-0.25, -0.2) is 15.2 Å². The fraction of sp³-hybridized carbons (Fsp3) is 0.409. The van der Waals surface area contributed by atoms with Crippen LogP contribution in [0.5, 0.6) is 0 Å². The van der Waals surface area contributed by atoms with Crippen LogP contribution in [0.3, 0.4) is 0 Å². The maximum Gasteiger partial charge on any atom is 0.224 e. The Morgan fingerprint density at radius 2 is 1.86 bits per heavy atom. The Kier molecular flexibility index (Phi) is 6.00. The van der Waals surface area contributed by atoms with Crippen LogP contribution in [0.4, 0.5) is 4.39 Å². The SMILES string of the molecule is O=C(Cc1cccc(F)c1)NC1CCN(C2CC(c3ccccc3)NN2)CC1. The maximum atomic E-state index is 13.3. The van der Waals surface area contributed by atoms with Gasteiger partial charge in [0.15, 0.2) is 0 Å². The Hall–Kier alpha value is -2.28. The van der Waals surface area contributed by atoms with E-state index in [4.69, 9.17) is 0 Å². The van der Waals surface area contributed by atoms with Crippen molar-refractivity contribution in [3.05, 3.63) is 71.5 Å². The summed E-state index contributed by atoms with van der Waals surface area (Å²) in [7, 11) is 0. The van der Waals surface area contributed by atoms with Gasteiger partial charge in [0.25, 0.3) is 0 Å². The van der Waals surface area contributed by atoms with Crippen LogP contribution in [0.25, 0.3) is 0 Å². The molecule has 148 valence electrons. The van der Waals surface area contributed by atoms with E-state index in [9.17, 15) is 9.18 Å². The lowest BCUT2D eigenvalue weighted by Gasteiger charge is -2.35. The zero-order valence-corrected chi connectivity index (χ0v) is 15.9. The minimum absolute atomic E-state index is 0.0335. The minimum Gasteiger partial charge on any atom is -0.353 e. The molecule has 2 aliphatic rings. The molecule has 2 fully saturated rings. The van der Waals surface area contributed by atoms with E-state index < -0.39 is 0 Å². The number of nitrogens with one attached hydrogen (secondary N) is 3. The predicted molar refractivity (Wildman–Crippen MR) is 107 cm³/mol. The second-order valence-electron chi connectivity index (χ2n) is 7.69. The van der Waals surface area contributed by atoms with Crippen molar-refractivity contribution in [2.75, 3.05) is 13.1 Å². The van der Waals surface area contributed by atoms with Crippen molar-refractivity contribution >= 4 is 5.91 Å². The van der Waals surface area contributed by atoms with Crippen molar-refractivity contribution in [2.24, 2.45) is 0 Å². The van der Waals surface area contributed by atoms with E-state index in [-0.39, 0.29) is 24.2 Å². The molecule has 1 amide bonds. The van der Waals surface area contributed by atoms with E-state index in [1.54, 1.807) is 12.1 Å². The standard InChI is InChI=1S/C22H27FN4O/c23-18-8-4-5-16(13-18)14-22(28)24-19-9-11-27(12-10-19)21-15-20(25-26-21)17-6-2-1-3-7-17/h1-8,13,19-21,25-26H,9-12,14-15H2,(H,24,28). The summed E-state index contributed by atoms with van der Waals surface area (Å²) in [5, 5.41) is 3.11. The van der Waals surface area contributed by atoms with Gasteiger partial charge in [0.2, 0.25) is 5.91 Å². The number of benzene rings is 2. The normalized spacial score (nSPS) is 23.6. The number of likely N-dealkylation sites (tertiary alicyclic amines) is 1. The lowest BCUT2D eigenvalue weighted by atomic mass is 10.0. The van der Waals surface area contributed by atoms with Crippen LogP contribution in [0, 0.1) is 5.82 Å². The molecule has 2 aromatic carbocycles. The molecule has 0 bridgehead atoms. The van der Waals surface area contributed by atoms with E-state index in [1.165, 1.54) is 17.7 Å². The molecule has 0 spiro atoms. The van der Waals surface area contributed by atoms with Crippen molar-refractivity contribution in [3.63, 3.8) is 0 Å². The molecule has 5 nitrogen and oxygen atoms in total. The van der Waals surface area contributed by atoms with Gasteiger partial charge in [-0.15, -0.1) is 0 Å². The van der Waals surface area contributed by atoms with E-state index in [1.807, 2.05) is 6.07 Å². The van der Waals surface area contributed by atoms with E-state index in [0.717, 1.165) is 32.4 Å². The molecule has 2 aliphatic heterocycles. The highest BCUT2D eigenvalue weighted by atomic mass is 19.1. The number of nitrogens with zero attached hydrogens (tertiary/aromatic N) is 1. The van der Waals surface area contributed by atoms with Gasteiger partial charge < -0.3 is 5.32 Å². The molecule has 3 N–H and O–H groups in total. The number of hydrogen-bond donors (Lipinski definition) is 3. The molecule has 0 radical (unpaired) electrons. The molecule has 28 heavy (non-hydrogen) atoms. The quantitative estimate of drug-likeness (QED) is 0.744. The van der Waals surface area contributed by atoms with Gasteiger partial charge in [-0.2, -0.15) is 0 Å². The van der Waals surface area contributed by atoms with Gasteiger partial charge >= 0.3 is 0 Å². The topological polar surface area (TPSA) is 56.4 Å².